The largest absolute Gasteiger partial charge is 0.457 e. The quantitative estimate of drug-likeness (QED) is 0.656. The van der Waals surface area contributed by atoms with Crippen LogP contribution in [0, 0.1) is 6.92 Å². The van der Waals surface area contributed by atoms with Gasteiger partial charge in [-0.05, 0) is 29.1 Å². The van der Waals surface area contributed by atoms with Crippen molar-refractivity contribution in [3.63, 3.8) is 0 Å². The van der Waals surface area contributed by atoms with Gasteiger partial charge in [0.2, 0.25) is 0 Å². The maximum atomic E-state index is 5.16. The van der Waals surface area contributed by atoms with Gasteiger partial charge < -0.3 is 4.42 Å². The predicted octanol–water partition coefficient (Wildman–Crippen LogP) is 3.07. The van der Waals surface area contributed by atoms with Crippen LogP contribution in [-0.2, 0) is 0 Å². The van der Waals surface area contributed by atoms with E-state index in [2.05, 4.69) is 15.9 Å². The van der Waals surface area contributed by atoms with Crippen molar-refractivity contribution in [1.82, 2.24) is 0 Å². The third-order valence-corrected chi connectivity index (χ3v) is 2.97. The third kappa shape index (κ3) is 1.33. The SMILES string of the molecule is CSc1occ(C)c1Br. The van der Waals surface area contributed by atoms with Gasteiger partial charge in [-0.15, -0.1) is 0 Å². The van der Waals surface area contributed by atoms with Crippen LogP contribution in [0.3, 0.4) is 0 Å². The monoisotopic (exact) mass is 206 g/mol. The van der Waals surface area contributed by atoms with Crippen LogP contribution in [0.5, 0.6) is 0 Å². The number of hydrogen-bond donors (Lipinski definition) is 0. The van der Waals surface area contributed by atoms with Gasteiger partial charge in [-0.2, -0.15) is 0 Å². The van der Waals surface area contributed by atoms with E-state index >= 15 is 0 Å². The minimum atomic E-state index is 0.951. The molecule has 0 aliphatic heterocycles. The number of aryl methyl sites for hydroxylation is 1. The Labute approximate surface area is 66.9 Å². The first-order valence-electron chi connectivity index (χ1n) is 2.53. The molecule has 1 aromatic heterocycles. The summed E-state index contributed by atoms with van der Waals surface area (Å²) in [6.45, 7) is 2.01. The highest BCUT2D eigenvalue weighted by Gasteiger charge is 2.04. The van der Waals surface area contributed by atoms with E-state index in [1.165, 1.54) is 0 Å². The number of hydrogen-bond acceptors (Lipinski definition) is 2. The molecule has 0 aliphatic rings. The molecule has 0 unspecified atom stereocenters. The normalized spacial score (nSPS) is 10.1. The van der Waals surface area contributed by atoms with Gasteiger partial charge in [0.15, 0.2) is 5.09 Å². The van der Waals surface area contributed by atoms with E-state index < -0.39 is 0 Å². The first-order valence-corrected chi connectivity index (χ1v) is 4.55. The second-order valence-corrected chi connectivity index (χ2v) is 3.30. The Hall–Kier alpha value is 0.110. The molecular weight excluding hydrogens is 200 g/mol. The summed E-state index contributed by atoms with van der Waals surface area (Å²) in [5, 5.41) is 0.951. The highest BCUT2D eigenvalue weighted by atomic mass is 79.9. The first kappa shape index (κ1) is 7.22. The lowest BCUT2D eigenvalue weighted by Gasteiger charge is -1.86. The smallest absolute Gasteiger partial charge is 0.174 e. The predicted molar refractivity (Wildman–Crippen MR) is 42.9 cm³/mol. The van der Waals surface area contributed by atoms with E-state index in [0.29, 0.717) is 0 Å². The Morgan fingerprint density at radius 3 is 2.56 bits per heavy atom. The van der Waals surface area contributed by atoms with Gasteiger partial charge >= 0.3 is 0 Å². The standard InChI is InChI=1S/C6H7BrOS/c1-4-3-8-6(9-2)5(4)7/h3H,1-2H3. The molecule has 0 radical (unpaired) electrons. The van der Waals surface area contributed by atoms with Gasteiger partial charge in [0.1, 0.15) is 0 Å². The van der Waals surface area contributed by atoms with Crippen molar-refractivity contribution in [2.45, 2.75) is 12.0 Å². The number of halogens is 1. The van der Waals surface area contributed by atoms with E-state index in [4.69, 9.17) is 4.42 Å². The zero-order valence-corrected chi connectivity index (χ0v) is 7.67. The second-order valence-electron chi connectivity index (χ2n) is 1.72. The van der Waals surface area contributed by atoms with Crippen LogP contribution >= 0.6 is 27.7 Å². The highest BCUT2D eigenvalue weighted by Crippen LogP contribution is 2.29. The zero-order chi connectivity index (χ0) is 6.85. The van der Waals surface area contributed by atoms with Crippen LogP contribution in [0.15, 0.2) is 20.2 Å². The van der Waals surface area contributed by atoms with Crippen LogP contribution in [0.25, 0.3) is 0 Å². The molecule has 0 bridgehead atoms. The summed E-state index contributed by atoms with van der Waals surface area (Å²) < 4.78 is 6.24. The summed E-state index contributed by atoms with van der Waals surface area (Å²) in [7, 11) is 0. The molecule has 0 N–H and O–H groups in total. The van der Waals surface area contributed by atoms with Crippen LogP contribution in [-0.4, -0.2) is 6.26 Å². The molecule has 0 atom stereocenters. The zero-order valence-electron chi connectivity index (χ0n) is 5.27. The highest BCUT2D eigenvalue weighted by molar-refractivity contribution is 9.10. The van der Waals surface area contributed by atoms with E-state index in [1.54, 1.807) is 18.0 Å². The van der Waals surface area contributed by atoms with Crippen molar-refractivity contribution in [1.29, 1.82) is 0 Å². The van der Waals surface area contributed by atoms with Crippen LogP contribution in [0.1, 0.15) is 5.56 Å². The van der Waals surface area contributed by atoms with Crippen LogP contribution in [0.4, 0.5) is 0 Å². The molecule has 0 saturated carbocycles. The summed E-state index contributed by atoms with van der Waals surface area (Å²) in [5.74, 6) is 0. The minimum absolute atomic E-state index is 0.951. The molecule has 0 saturated heterocycles. The molecule has 0 fully saturated rings. The Morgan fingerprint density at radius 2 is 2.33 bits per heavy atom. The molecule has 9 heavy (non-hydrogen) atoms. The maximum absolute atomic E-state index is 5.16. The van der Waals surface area contributed by atoms with Crippen molar-refractivity contribution < 1.29 is 4.42 Å². The number of rotatable bonds is 1. The fourth-order valence-corrected chi connectivity index (χ4v) is 1.70. The van der Waals surface area contributed by atoms with Crippen molar-refractivity contribution in [3.8, 4) is 0 Å². The molecule has 0 spiro atoms. The van der Waals surface area contributed by atoms with Crippen molar-refractivity contribution in [2.24, 2.45) is 0 Å². The molecule has 1 rings (SSSR count). The summed E-state index contributed by atoms with van der Waals surface area (Å²) >= 11 is 5.00. The van der Waals surface area contributed by atoms with Gasteiger partial charge in [-0.25, -0.2) is 0 Å². The van der Waals surface area contributed by atoms with E-state index in [9.17, 15) is 0 Å². The lowest BCUT2D eigenvalue weighted by atomic mass is 10.4. The van der Waals surface area contributed by atoms with Gasteiger partial charge in [-0.3, -0.25) is 0 Å². The number of furan rings is 1. The van der Waals surface area contributed by atoms with Gasteiger partial charge in [0, 0.05) is 5.56 Å². The molecule has 1 nitrogen and oxygen atoms in total. The molecule has 3 heteroatoms. The van der Waals surface area contributed by atoms with Gasteiger partial charge in [-0.1, -0.05) is 11.8 Å². The van der Waals surface area contributed by atoms with E-state index in [-0.39, 0.29) is 0 Å². The summed E-state index contributed by atoms with van der Waals surface area (Å²) in [5.41, 5.74) is 1.15. The van der Waals surface area contributed by atoms with Gasteiger partial charge in [0.05, 0.1) is 10.7 Å². The van der Waals surface area contributed by atoms with E-state index in [1.807, 2.05) is 13.2 Å². The topological polar surface area (TPSA) is 13.1 Å². The van der Waals surface area contributed by atoms with Crippen LogP contribution < -0.4 is 0 Å². The Bertz CT molecular complexity index is 207. The van der Waals surface area contributed by atoms with Crippen molar-refractivity contribution >= 4 is 27.7 Å². The Kier molecular flexibility index (Phi) is 2.24. The summed E-state index contributed by atoms with van der Waals surface area (Å²) in [6, 6.07) is 0. The molecule has 0 aliphatic carbocycles. The molecular formula is C6H7BrOS. The fraction of sp³-hybridized carbons (Fsp3) is 0.333. The fourth-order valence-electron chi connectivity index (χ4n) is 0.544. The van der Waals surface area contributed by atoms with E-state index in [0.717, 1.165) is 15.1 Å². The molecule has 1 aromatic rings. The maximum Gasteiger partial charge on any atom is 0.174 e. The summed E-state index contributed by atoms with van der Waals surface area (Å²) in [4.78, 5) is 0. The molecule has 0 amide bonds. The average Bonchev–Trinajstić information content (AvgIpc) is 2.15. The second kappa shape index (κ2) is 2.80. The molecule has 50 valence electrons. The van der Waals surface area contributed by atoms with Gasteiger partial charge in [0.25, 0.3) is 0 Å². The first-order chi connectivity index (χ1) is 4.25. The third-order valence-electron chi connectivity index (χ3n) is 1.05. The van der Waals surface area contributed by atoms with Crippen LogP contribution in [0.2, 0.25) is 0 Å². The Morgan fingerprint density at radius 1 is 1.67 bits per heavy atom. The molecule has 0 aromatic carbocycles. The lowest BCUT2D eigenvalue weighted by molar-refractivity contribution is 0.471. The number of thioether (sulfide) groups is 1. The summed E-state index contributed by atoms with van der Waals surface area (Å²) in [6.07, 6.45) is 3.74. The lowest BCUT2D eigenvalue weighted by Crippen LogP contribution is -1.63. The van der Waals surface area contributed by atoms with Crippen molar-refractivity contribution in [3.05, 3.63) is 16.3 Å². The van der Waals surface area contributed by atoms with Crippen molar-refractivity contribution in [2.75, 3.05) is 6.26 Å². The Balaban J connectivity index is 3.04. The minimum Gasteiger partial charge on any atom is -0.457 e. The average molecular weight is 207 g/mol. The molecule has 1 heterocycles.